The molecule has 1 amide bonds. The van der Waals surface area contributed by atoms with E-state index in [1.54, 1.807) is 29.0 Å². The first-order chi connectivity index (χ1) is 15.0. The Morgan fingerprint density at radius 3 is 2.74 bits per heavy atom. The normalized spacial score (nSPS) is 11.3. The summed E-state index contributed by atoms with van der Waals surface area (Å²) < 4.78 is 9.17. The zero-order valence-corrected chi connectivity index (χ0v) is 17.1. The van der Waals surface area contributed by atoms with E-state index in [9.17, 15) is 9.59 Å². The maximum Gasteiger partial charge on any atom is 0.291 e. The number of aromatic nitrogens is 3. The highest BCUT2D eigenvalue weighted by molar-refractivity contribution is 6.02. The molecule has 0 aliphatic carbocycles. The summed E-state index contributed by atoms with van der Waals surface area (Å²) >= 11 is 0. The summed E-state index contributed by atoms with van der Waals surface area (Å²) in [6.07, 6.45) is 3.49. The van der Waals surface area contributed by atoms with Gasteiger partial charge in [-0.2, -0.15) is 0 Å². The highest BCUT2D eigenvalue weighted by Gasteiger charge is 2.16. The molecule has 1 aromatic carbocycles. The first kappa shape index (κ1) is 18.9. The lowest BCUT2D eigenvalue weighted by molar-refractivity contribution is 0.0994. The summed E-state index contributed by atoms with van der Waals surface area (Å²) in [5.74, 6) is 0.346. The van der Waals surface area contributed by atoms with Crippen LogP contribution in [0.5, 0.6) is 0 Å². The molecule has 0 saturated carbocycles. The van der Waals surface area contributed by atoms with Crippen LogP contribution in [0.2, 0.25) is 0 Å². The minimum Gasteiger partial charge on any atom is -0.454 e. The van der Waals surface area contributed by atoms with Crippen LogP contribution in [0.4, 0.5) is 5.69 Å². The van der Waals surface area contributed by atoms with Crippen LogP contribution in [0.3, 0.4) is 0 Å². The summed E-state index contributed by atoms with van der Waals surface area (Å²) in [7, 11) is 0. The molecule has 0 aliphatic rings. The summed E-state index contributed by atoms with van der Waals surface area (Å²) in [4.78, 5) is 30.1. The summed E-state index contributed by atoms with van der Waals surface area (Å²) in [5.41, 5.74) is 4.60. The molecular formula is C24H20N4O3. The van der Waals surface area contributed by atoms with Gasteiger partial charge in [-0.1, -0.05) is 12.1 Å². The number of amides is 1. The minimum atomic E-state index is -0.336. The van der Waals surface area contributed by atoms with Crippen molar-refractivity contribution in [2.24, 2.45) is 0 Å². The van der Waals surface area contributed by atoms with Crippen molar-refractivity contribution in [3.8, 4) is 0 Å². The molecule has 7 heteroatoms. The monoisotopic (exact) mass is 412 g/mol. The van der Waals surface area contributed by atoms with Crippen molar-refractivity contribution in [1.29, 1.82) is 0 Å². The quantitative estimate of drug-likeness (QED) is 0.481. The number of hydrogen-bond donors (Lipinski definition) is 1. The molecule has 0 spiro atoms. The standard InChI is InChI=1S/C24H20N4O3/c1-15-6-3-7-18(16(15)2)26-23(29)21-11-10-17(31-21)14-28-22-19(8-4-12-25-22)27-13-5-9-20(27)24(28)30/h3-13H,14H2,1-2H3,(H,26,29). The fourth-order valence-corrected chi connectivity index (χ4v) is 3.74. The Morgan fingerprint density at radius 1 is 1.03 bits per heavy atom. The molecule has 0 unspecified atom stereocenters. The molecule has 0 atom stereocenters. The predicted molar refractivity (Wildman–Crippen MR) is 119 cm³/mol. The number of anilines is 1. The fraction of sp³-hybridized carbons (Fsp3) is 0.125. The van der Waals surface area contributed by atoms with Gasteiger partial charge < -0.3 is 14.1 Å². The Bertz CT molecular complexity index is 1510. The molecule has 0 bridgehead atoms. The van der Waals surface area contributed by atoms with Crippen LogP contribution in [0, 0.1) is 13.8 Å². The third kappa shape index (κ3) is 3.20. The Balaban J connectivity index is 1.48. The predicted octanol–water partition coefficient (Wildman–Crippen LogP) is 4.16. The zero-order chi connectivity index (χ0) is 21.5. The Hall–Kier alpha value is -4.13. The summed E-state index contributed by atoms with van der Waals surface area (Å²) in [5, 5.41) is 2.89. The van der Waals surface area contributed by atoms with Crippen molar-refractivity contribution in [2.45, 2.75) is 20.4 Å². The van der Waals surface area contributed by atoms with Crippen LogP contribution in [-0.2, 0) is 6.54 Å². The van der Waals surface area contributed by atoms with Crippen LogP contribution in [-0.4, -0.2) is 19.9 Å². The van der Waals surface area contributed by atoms with Gasteiger partial charge in [-0.25, -0.2) is 4.98 Å². The second-order valence-electron chi connectivity index (χ2n) is 7.47. The van der Waals surface area contributed by atoms with E-state index in [0.717, 1.165) is 22.3 Å². The van der Waals surface area contributed by atoms with Gasteiger partial charge in [0, 0.05) is 18.1 Å². The van der Waals surface area contributed by atoms with Crippen molar-refractivity contribution in [1.82, 2.24) is 14.0 Å². The molecule has 0 fully saturated rings. The number of nitrogens with zero attached hydrogens (tertiary/aromatic N) is 3. The number of pyridine rings is 1. The van der Waals surface area contributed by atoms with E-state index in [4.69, 9.17) is 4.42 Å². The van der Waals surface area contributed by atoms with Crippen molar-refractivity contribution in [2.75, 3.05) is 5.32 Å². The van der Waals surface area contributed by atoms with Gasteiger partial charge >= 0.3 is 0 Å². The van der Waals surface area contributed by atoms with Crippen molar-refractivity contribution >= 4 is 28.3 Å². The van der Waals surface area contributed by atoms with Crippen LogP contribution in [0.1, 0.15) is 27.4 Å². The number of nitrogens with one attached hydrogen (secondary N) is 1. The SMILES string of the molecule is Cc1cccc(NC(=O)c2ccc(Cn3c(=O)c4cccn4c4cccnc43)o2)c1C. The largest absolute Gasteiger partial charge is 0.454 e. The molecule has 5 rings (SSSR count). The molecule has 154 valence electrons. The summed E-state index contributed by atoms with van der Waals surface area (Å²) in [6.45, 7) is 4.12. The highest BCUT2D eigenvalue weighted by atomic mass is 16.4. The first-order valence-electron chi connectivity index (χ1n) is 9.94. The second kappa shape index (κ2) is 7.28. The second-order valence-corrected chi connectivity index (χ2v) is 7.47. The van der Waals surface area contributed by atoms with Crippen LogP contribution >= 0.6 is 0 Å². The molecule has 0 radical (unpaired) electrons. The van der Waals surface area contributed by atoms with Crippen LogP contribution < -0.4 is 10.9 Å². The number of carbonyl (C=O) groups excluding carboxylic acids is 1. The molecule has 5 aromatic rings. The fourth-order valence-electron chi connectivity index (χ4n) is 3.74. The first-order valence-corrected chi connectivity index (χ1v) is 9.94. The topological polar surface area (TPSA) is 81.5 Å². The van der Waals surface area contributed by atoms with Gasteiger partial charge in [0.1, 0.15) is 11.3 Å². The number of rotatable bonds is 4. The van der Waals surface area contributed by atoms with Gasteiger partial charge in [0.2, 0.25) is 0 Å². The molecule has 7 nitrogen and oxygen atoms in total. The maximum absolute atomic E-state index is 13.0. The number of furan rings is 1. The smallest absolute Gasteiger partial charge is 0.291 e. The molecule has 4 heterocycles. The number of benzene rings is 1. The van der Waals surface area contributed by atoms with Gasteiger partial charge in [0.15, 0.2) is 11.4 Å². The molecule has 31 heavy (non-hydrogen) atoms. The third-order valence-corrected chi connectivity index (χ3v) is 5.55. The van der Waals surface area contributed by atoms with Gasteiger partial charge in [-0.15, -0.1) is 0 Å². The van der Waals surface area contributed by atoms with Gasteiger partial charge in [-0.05, 0) is 67.4 Å². The summed E-state index contributed by atoms with van der Waals surface area (Å²) in [6, 6.07) is 16.4. The third-order valence-electron chi connectivity index (χ3n) is 5.55. The zero-order valence-electron chi connectivity index (χ0n) is 17.1. The molecule has 1 N–H and O–H groups in total. The van der Waals surface area contributed by atoms with Crippen molar-refractivity contribution in [3.05, 3.63) is 100.0 Å². The molecule has 0 saturated heterocycles. The van der Waals surface area contributed by atoms with E-state index in [1.165, 1.54) is 0 Å². The van der Waals surface area contributed by atoms with E-state index < -0.39 is 0 Å². The Morgan fingerprint density at radius 2 is 1.87 bits per heavy atom. The van der Waals surface area contributed by atoms with Crippen LogP contribution in [0.25, 0.3) is 16.7 Å². The van der Waals surface area contributed by atoms with Gasteiger partial charge in [0.05, 0.1) is 12.1 Å². The van der Waals surface area contributed by atoms with E-state index >= 15 is 0 Å². The number of aryl methyl sites for hydroxylation is 1. The number of carbonyl (C=O) groups is 1. The van der Waals surface area contributed by atoms with Gasteiger partial charge in [-0.3, -0.25) is 14.2 Å². The lowest BCUT2D eigenvalue weighted by atomic mass is 10.1. The van der Waals surface area contributed by atoms with Crippen LogP contribution in [0.15, 0.2) is 76.2 Å². The van der Waals surface area contributed by atoms with E-state index in [-0.39, 0.29) is 23.8 Å². The van der Waals surface area contributed by atoms with E-state index in [1.807, 2.05) is 60.8 Å². The number of hydrogen-bond acceptors (Lipinski definition) is 4. The molecule has 4 aromatic heterocycles. The molecule has 0 aliphatic heterocycles. The average Bonchev–Trinajstić information content (AvgIpc) is 3.44. The lowest BCUT2D eigenvalue weighted by Gasteiger charge is -2.10. The van der Waals surface area contributed by atoms with E-state index in [0.29, 0.717) is 16.9 Å². The minimum absolute atomic E-state index is 0.171. The molecular weight excluding hydrogens is 392 g/mol. The lowest BCUT2D eigenvalue weighted by Crippen LogP contribution is -2.23. The number of fused-ring (bicyclic) bond motifs is 3. The average molecular weight is 412 g/mol. The van der Waals surface area contributed by atoms with E-state index in [2.05, 4.69) is 10.3 Å². The Kier molecular flexibility index (Phi) is 4.43. The highest BCUT2D eigenvalue weighted by Crippen LogP contribution is 2.20. The van der Waals surface area contributed by atoms with Gasteiger partial charge in [0.25, 0.3) is 11.5 Å². The van der Waals surface area contributed by atoms with Crippen molar-refractivity contribution in [3.63, 3.8) is 0 Å². The van der Waals surface area contributed by atoms with Crippen molar-refractivity contribution < 1.29 is 9.21 Å². The maximum atomic E-state index is 13.0. The Labute approximate surface area is 177 Å².